The number of amides is 1. The number of carbonyl (C=O) groups is 2. The van der Waals surface area contributed by atoms with Gasteiger partial charge in [-0.3, -0.25) is 14.9 Å². The van der Waals surface area contributed by atoms with Gasteiger partial charge >= 0.3 is 5.97 Å². The topological polar surface area (TPSA) is 137 Å². The number of halogens is 1. The predicted octanol–water partition coefficient (Wildman–Crippen LogP) is 4.75. The van der Waals surface area contributed by atoms with E-state index < -0.39 is 28.4 Å². The van der Waals surface area contributed by atoms with Crippen LogP contribution in [0.25, 0.3) is 11.1 Å². The molecule has 2 N–H and O–H groups in total. The van der Waals surface area contributed by atoms with Crippen LogP contribution in [-0.2, 0) is 26.3 Å². The van der Waals surface area contributed by atoms with E-state index in [0.29, 0.717) is 23.5 Å². The third kappa shape index (κ3) is 5.67. The molecule has 10 nitrogen and oxygen atoms in total. The van der Waals surface area contributed by atoms with Gasteiger partial charge in [-0.1, -0.05) is 48.0 Å². The molecule has 11 heteroatoms. The van der Waals surface area contributed by atoms with Crippen molar-refractivity contribution in [2.45, 2.75) is 30.9 Å². The van der Waals surface area contributed by atoms with Gasteiger partial charge in [0.2, 0.25) is 0 Å². The summed E-state index contributed by atoms with van der Waals surface area (Å²) in [7, 11) is 3.13. The van der Waals surface area contributed by atoms with Gasteiger partial charge in [0.15, 0.2) is 5.60 Å². The minimum absolute atomic E-state index is 0.00125. The standard InChI is InChI=1S/C28H27ClN2O8/c1-37-23-5-3-6-24(38-2)25(23)18-9-7-17(8-10-18)15-21(26(32)33)30-27(34)28(13-4-14-39-28)19-11-12-20(29)22(16-19)31(35)36/h3,5-12,16,21H,4,13-15H2,1-2H3,(H,30,34)(H,32,33)/t21-,28-/m0/s1. The molecule has 0 aromatic heterocycles. The largest absolute Gasteiger partial charge is 0.496 e. The third-order valence-corrected chi connectivity index (χ3v) is 7.03. The number of nitrogens with one attached hydrogen (secondary N) is 1. The first-order valence-electron chi connectivity index (χ1n) is 12.1. The summed E-state index contributed by atoms with van der Waals surface area (Å²) in [4.78, 5) is 36.4. The zero-order valence-electron chi connectivity index (χ0n) is 21.3. The monoisotopic (exact) mass is 554 g/mol. The lowest BCUT2D eigenvalue weighted by Gasteiger charge is -2.29. The van der Waals surface area contributed by atoms with Crippen LogP contribution < -0.4 is 14.8 Å². The molecule has 3 aromatic rings. The summed E-state index contributed by atoms with van der Waals surface area (Å²) >= 11 is 5.95. The van der Waals surface area contributed by atoms with Crippen LogP contribution in [-0.4, -0.2) is 48.8 Å². The normalized spacial score (nSPS) is 17.3. The molecule has 1 amide bonds. The summed E-state index contributed by atoms with van der Waals surface area (Å²) in [6.45, 7) is 0.245. The molecule has 0 unspecified atom stereocenters. The Kier molecular flexibility index (Phi) is 8.37. The number of nitro groups is 1. The number of nitrogens with zero attached hydrogens (tertiary/aromatic N) is 1. The van der Waals surface area contributed by atoms with E-state index in [2.05, 4.69) is 5.32 Å². The van der Waals surface area contributed by atoms with Crippen LogP contribution in [0.15, 0.2) is 60.7 Å². The highest BCUT2D eigenvalue weighted by atomic mass is 35.5. The number of hydrogen-bond acceptors (Lipinski definition) is 7. The Morgan fingerprint density at radius 2 is 1.79 bits per heavy atom. The molecule has 1 fully saturated rings. The number of ether oxygens (including phenoxy) is 3. The molecule has 1 heterocycles. The van der Waals surface area contributed by atoms with E-state index in [-0.39, 0.29) is 35.7 Å². The van der Waals surface area contributed by atoms with E-state index >= 15 is 0 Å². The van der Waals surface area contributed by atoms with Crippen molar-refractivity contribution in [1.82, 2.24) is 5.32 Å². The van der Waals surface area contributed by atoms with Gasteiger partial charge in [-0.25, -0.2) is 4.79 Å². The molecule has 204 valence electrons. The Morgan fingerprint density at radius 1 is 1.13 bits per heavy atom. The molecular formula is C28H27ClN2O8. The summed E-state index contributed by atoms with van der Waals surface area (Å²) in [5, 5.41) is 23.8. The quantitative estimate of drug-likeness (QED) is 0.270. The van der Waals surface area contributed by atoms with Gasteiger partial charge in [-0.2, -0.15) is 0 Å². The number of methoxy groups -OCH3 is 2. The number of hydrogen-bond donors (Lipinski definition) is 2. The molecule has 0 bridgehead atoms. The summed E-state index contributed by atoms with van der Waals surface area (Å²) in [6, 6.07) is 15.4. The second-order valence-electron chi connectivity index (χ2n) is 9.01. The van der Waals surface area contributed by atoms with Crippen LogP contribution in [0.2, 0.25) is 5.02 Å². The van der Waals surface area contributed by atoms with Crippen molar-refractivity contribution in [2.75, 3.05) is 20.8 Å². The number of carboxylic acid groups (broad SMARTS) is 1. The number of nitro benzene ring substituents is 1. The summed E-state index contributed by atoms with van der Waals surface area (Å²) in [6.07, 6.45) is 0.760. The fourth-order valence-electron chi connectivity index (χ4n) is 4.74. The maximum Gasteiger partial charge on any atom is 0.326 e. The van der Waals surface area contributed by atoms with E-state index in [1.165, 1.54) is 18.2 Å². The van der Waals surface area contributed by atoms with Crippen molar-refractivity contribution in [3.05, 3.63) is 86.9 Å². The smallest absolute Gasteiger partial charge is 0.326 e. The Hall–Kier alpha value is -4.15. The van der Waals surface area contributed by atoms with Crippen LogP contribution in [0.1, 0.15) is 24.0 Å². The highest BCUT2D eigenvalue weighted by Crippen LogP contribution is 2.40. The number of rotatable bonds is 10. The molecule has 0 radical (unpaired) electrons. The highest BCUT2D eigenvalue weighted by molar-refractivity contribution is 6.32. The van der Waals surface area contributed by atoms with E-state index in [1.54, 1.807) is 26.4 Å². The number of benzene rings is 3. The second kappa shape index (κ2) is 11.7. The first kappa shape index (κ1) is 27.9. The Balaban J connectivity index is 1.57. The average Bonchev–Trinajstić information content (AvgIpc) is 3.44. The zero-order chi connectivity index (χ0) is 28.2. The van der Waals surface area contributed by atoms with Crippen LogP contribution in [0.5, 0.6) is 11.5 Å². The van der Waals surface area contributed by atoms with Gasteiger partial charge in [0.1, 0.15) is 22.6 Å². The van der Waals surface area contributed by atoms with Gasteiger partial charge < -0.3 is 24.6 Å². The van der Waals surface area contributed by atoms with Crippen molar-refractivity contribution in [3.63, 3.8) is 0 Å². The maximum absolute atomic E-state index is 13.5. The molecule has 2 atom stereocenters. The van der Waals surface area contributed by atoms with Crippen molar-refractivity contribution in [2.24, 2.45) is 0 Å². The van der Waals surface area contributed by atoms with E-state index in [4.69, 9.17) is 25.8 Å². The van der Waals surface area contributed by atoms with Gasteiger partial charge in [0.05, 0.1) is 24.7 Å². The van der Waals surface area contributed by atoms with Crippen molar-refractivity contribution in [3.8, 4) is 22.6 Å². The molecule has 1 aliphatic rings. The number of carboxylic acids is 1. The van der Waals surface area contributed by atoms with Gasteiger partial charge in [-0.15, -0.1) is 0 Å². The number of aliphatic carboxylic acids is 1. The van der Waals surface area contributed by atoms with Crippen LogP contribution in [0, 0.1) is 10.1 Å². The first-order valence-corrected chi connectivity index (χ1v) is 12.5. The molecule has 1 saturated heterocycles. The second-order valence-corrected chi connectivity index (χ2v) is 9.41. The summed E-state index contributed by atoms with van der Waals surface area (Å²) in [5.74, 6) is -0.655. The van der Waals surface area contributed by atoms with E-state index in [0.717, 1.165) is 11.1 Å². The summed E-state index contributed by atoms with van der Waals surface area (Å²) in [5.41, 5.74) is 0.559. The molecule has 39 heavy (non-hydrogen) atoms. The molecule has 1 aliphatic heterocycles. The van der Waals surface area contributed by atoms with Crippen LogP contribution >= 0.6 is 11.6 Å². The highest BCUT2D eigenvalue weighted by Gasteiger charge is 2.46. The van der Waals surface area contributed by atoms with E-state index in [1.807, 2.05) is 30.3 Å². The minimum atomic E-state index is -1.56. The maximum atomic E-state index is 13.5. The molecule has 0 spiro atoms. The molecule has 0 saturated carbocycles. The summed E-state index contributed by atoms with van der Waals surface area (Å²) < 4.78 is 16.8. The lowest BCUT2D eigenvalue weighted by atomic mass is 9.89. The molecule has 0 aliphatic carbocycles. The fraction of sp³-hybridized carbons (Fsp3) is 0.286. The Bertz CT molecular complexity index is 1360. The Morgan fingerprint density at radius 3 is 2.33 bits per heavy atom. The fourth-order valence-corrected chi connectivity index (χ4v) is 4.92. The number of carbonyl (C=O) groups excluding carboxylic acids is 1. The van der Waals surface area contributed by atoms with Crippen molar-refractivity contribution < 1.29 is 33.8 Å². The SMILES string of the molecule is COc1cccc(OC)c1-c1ccc(C[C@H](NC(=O)[C@@]2(c3ccc(Cl)c([N+](=O)[O-])c3)CCCO2)C(=O)O)cc1. The average molecular weight is 555 g/mol. The van der Waals surface area contributed by atoms with E-state index in [9.17, 15) is 24.8 Å². The molecule has 4 rings (SSSR count). The van der Waals surface area contributed by atoms with Crippen LogP contribution in [0.3, 0.4) is 0 Å². The Labute approximate surface area is 229 Å². The lowest BCUT2D eigenvalue weighted by Crippen LogP contribution is -2.51. The van der Waals surface area contributed by atoms with Crippen molar-refractivity contribution >= 4 is 29.2 Å². The lowest BCUT2D eigenvalue weighted by molar-refractivity contribution is -0.384. The molecular weight excluding hydrogens is 528 g/mol. The predicted molar refractivity (Wildman–Crippen MR) is 143 cm³/mol. The van der Waals surface area contributed by atoms with Crippen LogP contribution in [0.4, 0.5) is 5.69 Å². The first-order chi connectivity index (χ1) is 18.7. The third-order valence-electron chi connectivity index (χ3n) is 6.71. The zero-order valence-corrected chi connectivity index (χ0v) is 22.1. The van der Waals surface area contributed by atoms with Gasteiger partial charge in [0, 0.05) is 24.7 Å². The minimum Gasteiger partial charge on any atom is -0.496 e. The van der Waals surface area contributed by atoms with Gasteiger partial charge in [0.25, 0.3) is 11.6 Å². The van der Waals surface area contributed by atoms with Crippen molar-refractivity contribution in [1.29, 1.82) is 0 Å². The molecule has 3 aromatic carbocycles. The van der Waals surface area contributed by atoms with Gasteiger partial charge in [-0.05, 0) is 42.2 Å².